The molecule has 10 aromatic rings. The van der Waals surface area contributed by atoms with Gasteiger partial charge in [-0.3, -0.25) is 0 Å². The van der Waals surface area contributed by atoms with Gasteiger partial charge in [0.15, 0.2) is 0 Å². The summed E-state index contributed by atoms with van der Waals surface area (Å²) in [5.74, 6) is 0. The van der Waals surface area contributed by atoms with Crippen LogP contribution >= 0.6 is 0 Å². The van der Waals surface area contributed by atoms with Gasteiger partial charge in [0.1, 0.15) is 11.2 Å². The van der Waals surface area contributed by atoms with Crippen molar-refractivity contribution in [3.8, 4) is 44.5 Å². The van der Waals surface area contributed by atoms with Crippen molar-refractivity contribution in [1.82, 2.24) is 0 Å². The Balaban J connectivity index is 1.08. The van der Waals surface area contributed by atoms with Gasteiger partial charge in [0.25, 0.3) is 0 Å². The molecule has 2 aliphatic rings. The lowest BCUT2D eigenvalue weighted by atomic mass is 9.81. The maximum absolute atomic E-state index is 6.73. The van der Waals surface area contributed by atoms with E-state index in [0.717, 1.165) is 55.5 Å². The van der Waals surface area contributed by atoms with E-state index >= 15 is 0 Å². The molecule has 0 atom stereocenters. The topological polar surface area (TPSA) is 16.4 Å². The normalized spacial score (nSPS) is 14.3. The summed E-state index contributed by atoms with van der Waals surface area (Å²) in [6, 6.07) is 69.3. The van der Waals surface area contributed by atoms with Gasteiger partial charge in [-0.05, 0) is 115 Å². The van der Waals surface area contributed by atoms with E-state index < -0.39 is 0 Å². The monoisotopic (exact) mass is 769 g/mol. The number of hydrogen-bond acceptors (Lipinski definition) is 2. The highest BCUT2D eigenvalue weighted by Crippen LogP contribution is 2.55. The van der Waals surface area contributed by atoms with Gasteiger partial charge >= 0.3 is 0 Å². The summed E-state index contributed by atoms with van der Waals surface area (Å²) in [5, 5.41) is 4.57. The molecule has 0 saturated heterocycles. The molecular formula is C58H43NO. The van der Waals surface area contributed by atoms with Gasteiger partial charge in [-0.1, -0.05) is 167 Å². The van der Waals surface area contributed by atoms with E-state index in [1.54, 1.807) is 0 Å². The lowest BCUT2D eigenvalue weighted by Crippen LogP contribution is -2.18. The Labute approximate surface area is 351 Å². The maximum Gasteiger partial charge on any atom is 0.143 e. The summed E-state index contributed by atoms with van der Waals surface area (Å²) in [5.41, 5.74) is 20.4. The van der Waals surface area contributed by atoms with Crippen molar-refractivity contribution >= 4 is 49.8 Å². The average Bonchev–Trinajstić information content (AvgIpc) is 3.87. The second-order valence-corrected chi connectivity index (χ2v) is 17.7. The summed E-state index contributed by atoms with van der Waals surface area (Å²) in [6.45, 7) is 9.51. The molecule has 0 amide bonds. The summed E-state index contributed by atoms with van der Waals surface area (Å²) in [4.78, 5) is 2.50. The van der Waals surface area contributed by atoms with E-state index in [2.05, 4.69) is 221 Å². The first-order chi connectivity index (χ1) is 29.3. The van der Waals surface area contributed by atoms with Crippen LogP contribution in [-0.4, -0.2) is 0 Å². The Morgan fingerprint density at radius 3 is 1.73 bits per heavy atom. The van der Waals surface area contributed by atoms with E-state index in [1.807, 2.05) is 0 Å². The molecule has 1 heterocycles. The number of rotatable bonds is 5. The number of furan rings is 1. The van der Waals surface area contributed by atoms with E-state index in [0.29, 0.717) is 0 Å². The highest BCUT2D eigenvalue weighted by Gasteiger charge is 2.38. The first-order valence-electron chi connectivity index (χ1n) is 21.1. The van der Waals surface area contributed by atoms with Crippen LogP contribution in [0.1, 0.15) is 49.9 Å². The van der Waals surface area contributed by atoms with E-state index in [4.69, 9.17) is 4.42 Å². The molecule has 2 nitrogen and oxygen atoms in total. The van der Waals surface area contributed by atoms with Crippen molar-refractivity contribution in [3.63, 3.8) is 0 Å². The standard InChI is InChI=1S/C58H43NO/c1-57(2)49-22-12-10-19-42(49)44-31-27-39(34-51(44)57)59(40-28-32-45-43-29-26-38(36-15-6-5-7-16-36)33-50(43)58(3,4)52(45)35-40)53-23-13-11-20-46(53)47-21-14-24-54-55(47)48-30-25-37-17-8-9-18-41(37)56(48)60-54/h5-35H,1-4H3. The number of hydrogen-bond donors (Lipinski definition) is 0. The molecule has 0 unspecified atom stereocenters. The number of para-hydroxylation sites is 1. The Morgan fingerprint density at radius 2 is 0.967 bits per heavy atom. The number of fused-ring (bicyclic) bond motifs is 11. The molecule has 2 aliphatic carbocycles. The lowest BCUT2D eigenvalue weighted by molar-refractivity contribution is 0.660. The molecule has 60 heavy (non-hydrogen) atoms. The molecule has 0 spiro atoms. The predicted molar refractivity (Wildman–Crippen MR) is 252 cm³/mol. The molecular weight excluding hydrogens is 727 g/mol. The molecule has 1 aromatic heterocycles. The lowest BCUT2D eigenvalue weighted by Gasteiger charge is -2.31. The Bertz CT molecular complexity index is 3380. The Hall–Kier alpha value is -7.16. The van der Waals surface area contributed by atoms with Gasteiger partial charge in [0.2, 0.25) is 0 Å². The van der Waals surface area contributed by atoms with Crippen LogP contribution < -0.4 is 4.90 Å². The van der Waals surface area contributed by atoms with Crippen molar-refractivity contribution in [2.45, 2.75) is 38.5 Å². The smallest absolute Gasteiger partial charge is 0.143 e. The number of nitrogens with zero attached hydrogens (tertiary/aromatic N) is 1. The third kappa shape index (κ3) is 4.94. The van der Waals surface area contributed by atoms with Gasteiger partial charge in [0, 0.05) is 43.9 Å². The number of anilines is 3. The minimum absolute atomic E-state index is 0.144. The zero-order valence-corrected chi connectivity index (χ0v) is 34.3. The van der Waals surface area contributed by atoms with Crippen molar-refractivity contribution in [2.75, 3.05) is 4.90 Å². The highest BCUT2D eigenvalue weighted by molar-refractivity contribution is 6.19. The van der Waals surface area contributed by atoms with Gasteiger partial charge in [0.05, 0.1) is 5.69 Å². The van der Waals surface area contributed by atoms with Gasteiger partial charge in [-0.2, -0.15) is 0 Å². The molecule has 0 aliphatic heterocycles. The molecule has 12 rings (SSSR count). The number of benzene rings is 9. The van der Waals surface area contributed by atoms with Crippen LogP contribution in [-0.2, 0) is 10.8 Å². The van der Waals surface area contributed by atoms with Gasteiger partial charge < -0.3 is 9.32 Å². The molecule has 0 bridgehead atoms. The summed E-state index contributed by atoms with van der Waals surface area (Å²) < 4.78 is 6.73. The first-order valence-corrected chi connectivity index (χ1v) is 21.1. The minimum atomic E-state index is -0.206. The molecule has 0 N–H and O–H groups in total. The fourth-order valence-electron chi connectivity index (χ4n) is 10.6. The van der Waals surface area contributed by atoms with Crippen LogP contribution in [0.4, 0.5) is 17.1 Å². The van der Waals surface area contributed by atoms with E-state index in [1.165, 1.54) is 61.0 Å². The first kappa shape index (κ1) is 34.8. The fourth-order valence-corrected chi connectivity index (χ4v) is 10.6. The maximum atomic E-state index is 6.73. The summed E-state index contributed by atoms with van der Waals surface area (Å²) in [6.07, 6.45) is 0. The largest absolute Gasteiger partial charge is 0.455 e. The fraction of sp³-hybridized carbons (Fsp3) is 0.103. The predicted octanol–water partition coefficient (Wildman–Crippen LogP) is 16.2. The SMILES string of the molecule is CC1(C)c2ccccc2-c2ccc(N(c3ccc4c(c3)C(C)(C)c3cc(-c5ccccc5)ccc3-4)c3ccccc3-c3cccc4oc5c6ccccc6ccc5c34)cc21. The van der Waals surface area contributed by atoms with E-state index in [-0.39, 0.29) is 10.8 Å². The van der Waals surface area contributed by atoms with Crippen molar-refractivity contribution in [2.24, 2.45) is 0 Å². The zero-order valence-electron chi connectivity index (χ0n) is 34.3. The molecule has 2 heteroatoms. The molecule has 0 radical (unpaired) electrons. The molecule has 9 aromatic carbocycles. The van der Waals surface area contributed by atoms with Crippen LogP contribution in [0.3, 0.4) is 0 Å². The van der Waals surface area contributed by atoms with Crippen LogP contribution in [0, 0.1) is 0 Å². The van der Waals surface area contributed by atoms with Gasteiger partial charge in [-0.25, -0.2) is 0 Å². The van der Waals surface area contributed by atoms with Crippen molar-refractivity contribution in [3.05, 3.63) is 210 Å². The van der Waals surface area contributed by atoms with Crippen LogP contribution in [0.15, 0.2) is 192 Å². The van der Waals surface area contributed by atoms with Crippen LogP contribution in [0.2, 0.25) is 0 Å². The second kappa shape index (κ2) is 12.7. The van der Waals surface area contributed by atoms with E-state index in [9.17, 15) is 0 Å². The summed E-state index contributed by atoms with van der Waals surface area (Å²) >= 11 is 0. The third-order valence-corrected chi connectivity index (χ3v) is 13.7. The highest BCUT2D eigenvalue weighted by atomic mass is 16.3. The van der Waals surface area contributed by atoms with Crippen LogP contribution in [0.25, 0.3) is 77.2 Å². The third-order valence-electron chi connectivity index (χ3n) is 13.7. The quantitative estimate of drug-likeness (QED) is 0.173. The van der Waals surface area contributed by atoms with Crippen LogP contribution in [0.5, 0.6) is 0 Å². The molecule has 286 valence electrons. The van der Waals surface area contributed by atoms with Gasteiger partial charge in [-0.15, -0.1) is 0 Å². The average molecular weight is 770 g/mol. The molecule has 0 saturated carbocycles. The minimum Gasteiger partial charge on any atom is -0.455 e. The zero-order chi connectivity index (χ0) is 40.3. The van der Waals surface area contributed by atoms with Crippen molar-refractivity contribution < 1.29 is 4.42 Å². The molecule has 0 fully saturated rings. The summed E-state index contributed by atoms with van der Waals surface area (Å²) in [7, 11) is 0. The Kier molecular flexibility index (Phi) is 7.36. The van der Waals surface area contributed by atoms with Crippen molar-refractivity contribution in [1.29, 1.82) is 0 Å². The second-order valence-electron chi connectivity index (χ2n) is 17.7. The Morgan fingerprint density at radius 1 is 0.383 bits per heavy atom.